The van der Waals surface area contributed by atoms with E-state index < -0.39 is 0 Å². The standard InChI is InChI=1S/C15H24BrNO2/c1-10(2)9-19-15-13(16)6-12(7-14(15)18-5)8-17-11(3)4/h6-7,10-11,17H,8-9H2,1-5H3. The molecule has 0 amide bonds. The summed E-state index contributed by atoms with van der Waals surface area (Å²) in [5.41, 5.74) is 1.18. The van der Waals surface area contributed by atoms with Crippen LogP contribution in [0.15, 0.2) is 16.6 Å². The largest absolute Gasteiger partial charge is 0.493 e. The molecule has 0 bridgehead atoms. The van der Waals surface area contributed by atoms with E-state index in [0.717, 1.165) is 22.5 Å². The predicted octanol–water partition coefficient (Wildman–Crippen LogP) is 3.99. The summed E-state index contributed by atoms with van der Waals surface area (Å²) in [5.74, 6) is 2.04. The fourth-order valence-corrected chi connectivity index (χ4v) is 2.19. The molecule has 0 heterocycles. The van der Waals surface area contributed by atoms with Gasteiger partial charge in [0.1, 0.15) is 0 Å². The van der Waals surface area contributed by atoms with E-state index in [4.69, 9.17) is 9.47 Å². The highest BCUT2D eigenvalue weighted by molar-refractivity contribution is 9.10. The number of halogens is 1. The monoisotopic (exact) mass is 329 g/mol. The van der Waals surface area contributed by atoms with Crippen molar-refractivity contribution in [1.82, 2.24) is 5.32 Å². The molecule has 0 aliphatic rings. The molecule has 0 aliphatic carbocycles. The van der Waals surface area contributed by atoms with Crippen LogP contribution < -0.4 is 14.8 Å². The Hall–Kier alpha value is -0.740. The second-order valence-electron chi connectivity index (χ2n) is 5.35. The molecule has 1 rings (SSSR count). The highest BCUT2D eigenvalue weighted by Crippen LogP contribution is 2.36. The molecule has 4 heteroatoms. The lowest BCUT2D eigenvalue weighted by molar-refractivity contribution is 0.255. The molecule has 0 spiro atoms. The maximum Gasteiger partial charge on any atom is 0.175 e. The van der Waals surface area contributed by atoms with Crippen molar-refractivity contribution in [2.24, 2.45) is 5.92 Å². The van der Waals surface area contributed by atoms with Crippen molar-refractivity contribution in [3.05, 3.63) is 22.2 Å². The Bertz CT molecular complexity index is 405. The summed E-state index contributed by atoms with van der Waals surface area (Å²) >= 11 is 3.56. The van der Waals surface area contributed by atoms with Gasteiger partial charge in [0.2, 0.25) is 0 Å². The molecule has 0 aromatic heterocycles. The minimum Gasteiger partial charge on any atom is -0.493 e. The quantitative estimate of drug-likeness (QED) is 0.820. The third-order valence-electron chi connectivity index (χ3n) is 2.56. The van der Waals surface area contributed by atoms with E-state index in [9.17, 15) is 0 Å². The molecule has 0 radical (unpaired) electrons. The van der Waals surface area contributed by atoms with E-state index in [1.165, 1.54) is 5.56 Å². The molecule has 1 N–H and O–H groups in total. The van der Waals surface area contributed by atoms with Crippen LogP contribution in [0.4, 0.5) is 0 Å². The van der Waals surface area contributed by atoms with Crippen molar-refractivity contribution in [1.29, 1.82) is 0 Å². The van der Waals surface area contributed by atoms with E-state index in [1.807, 2.05) is 6.07 Å². The van der Waals surface area contributed by atoms with Gasteiger partial charge in [-0.25, -0.2) is 0 Å². The number of methoxy groups -OCH3 is 1. The molecular formula is C15H24BrNO2. The van der Waals surface area contributed by atoms with Crippen LogP contribution >= 0.6 is 15.9 Å². The van der Waals surface area contributed by atoms with Gasteiger partial charge >= 0.3 is 0 Å². The molecule has 0 atom stereocenters. The Morgan fingerprint density at radius 1 is 1.21 bits per heavy atom. The Morgan fingerprint density at radius 2 is 1.89 bits per heavy atom. The van der Waals surface area contributed by atoms with Crippen LogP contribution in [-0.4, -0.2) is 19.8 Å². The fraction of sp³-hybridized carbons (Fsp3) is 0.600. The molecule has 19 heavy (non-hydrogen) atoms. The van der Waals surface area contributed by atoms with Crippen molar-refractivity contribution in [2.45, 2.75) is 40.3 Å². The number of rotatable bonds is 7. The molecular weight excluding hydrogens is 306 g/mol. The van der Waals surface area contributed by atoms with Crippen molar-refractivity contribution in [3.8, 4) is 11.5 Å². The van der Waals surface area contributed by atoms with Crippen molar-refractivity contribution in [3.63, 3.8) is 0 Å². The van der Waals surface area contributed by atoms with Gasteiger partial charge in [0, 0.05) is 12.6 Å². The van der Waals surface area contributed by atoms with E-state index in [-0.39, 0.29) is 0 Å². The number of benzene rings is 1. The summed E-state index contributed by atoms with van der Waals surface area (Å²) in [5, 5.41) is 3.39. The van der Waals surface area contributed by atoms with Gasteiger partial charge in [-0.1, -0.05) is 27.7 Å². The van der Waals surface area contributed by atoms with Crippen LogP contribution in [0.3, 0.4) is 0 Å². The molecule has 0 saturated carbocycles. The summed E-state index contributed by atoms with van der Waals surface area (Å²) in [4.78, 5) is 0. The smallest absolute Gasteiger partial charge is 0.175 e. The maximum absolute atomic E-state index is 5.81. The van der Waals surface area contributed by atoms with Gasteiger partial charge in [0.05, 0.1) is 18.2 Å². The van der Waals surface area contributed by atoms with Crippen molar-refractivity contribution in [2.75, 3.05) is 13.7 Å². The first-order valence-corrected chi connectivity index (χ1v) is 7.46. The first kappa shape index (κ1) is 16.3. The molecule has 3 nitrogen and oxygen atoms in total. The van der Waals surface area contributed by atoms with Gasteiger partial charge in [0.25, 0.3) is 0 Å². The molecule has 0 fully saturated rings. The van der Waals surface area contributed by atoms with Crippen molar-refractivity contribution >= 4 is 15.9 Å². The number of nitrogens with one attached hydrogen (secondary N) is 1. The average molecular weight is 330 g/mol. The normalized spacial score (nSPS) is 11.2. The topological polar surface area (TPSA) is 30.5 Å². The maximum atomic E-state index is 5.81. The minimum atomic E-state index is 0.460. The Balaban J connectivity index is 2.87. The second-order valence-corrected chi connectivity index (χ2v) is 6.20. The highest BCUT2D eigenvalue weighted by Gasteiger charge is 2.12. The fourth-order valence-electron chi connectivity index (χ4n) is 1.59. The summed E-state index contributed by atoms with van der Waals surface area (Å²) in [6.07, 6.45) is 0. The first-order valence-electron chi connectivity index (χ1n) is 6.66. The number of hydrogen-bond donors (Lipinski definition) is 1. The van der Waals surface area contributed by atoms with Crippen LogP contribution in [-0.2, 0) is 6.54 Å². The van der Waals surface area contributed by atoms with E-state index in [1.54, 1.807) is 7.11 Å². The van der Waals surface area contributed by atoms with Gasteiger partial charge in [-0.05, 0) is 39.5 Å². The van der Waals surface area contributed by atoms with Gasteiger partial charge in [-0.3, -0.25) is 0 Å². The lowest BCUT2D eigenvalue weighted by Gasteiger charge is -2.16. The molecule has 108 valence electrons. The zero-order chi connectivity index (χ0) is 14.4. The van der Waals surface area contributed by atoms with Gasteiger partial charge < -0.3 is 14.8 Å². The Morgan fingerprint density at radius 3 is 2.42 bits per heavy atom. The molecule has 0 unspecified atom stereocenters. The molecule has 0 aliphatic heterocycles. The molecule has 0 saturated heterocycles. The Labute approximate surface area is 124 Å². The highest BCUT2D eigenvalue weighted by atomic mass is 79.9. The summed E-state index contributed by atoms with van der Waals surface area (Å²) in [6, 6.07) is 4.56. The van der Waals surface area contributed by atoms with Crippen LogP contribution in [0.5, 0.6) is 11.5 Å². The number of hydrogen-bond acceptors (Lipinski definition) is 3. The third kappa shape index (κ3) is 5.41. The van der Waals surface area contributed by atoms with Crippen LogP contribution in [0, 0.1) is 5.92 Å². The lowest BCUT2D eigenvalue weighted by Crippen LogP contribution is -2.21. The molecule has 1 aromatic carbocycles. The van der Waals surface area contributed by atoms with E-state index >= 15 is 0 Å². The van der Waals surface area contributed by atoms with Crippen LogP contribution in [0.2, 0.25) is 0 Å². The van der Waals surface area contributed by atoms with E-state index in [2.05, 4.69) is 55.0 Å². The first-order chi connectivity index (χ1) is 8.93. The summed E-state index contributed by atoms with van der Waals surface area (Å²) in [6.45, 7) is 10.0. The van der Waals surface area contributed by atoms with Crippen LogP contribution in [0.25, 0.3) is 0 Å². The minimum absolute atomic E-state index is 0.460. The predicted molar refractivity (Wildman–Crippen MR) is 83.0 cm³/mol. The van der Waals surface area contributed by atoms with Gasteiger partial charge in [-0.2, -0.15) is 0 Å². The zero-order valence-corrected chi connectivity index (χ0v) is 14.0. The van der Waals surface area contributed by atoms with Gasteiger partial charge in [-0.15, -0.1) is 0 Å². The number of ether oxygens (including phenoxy) is 2. The Kier molecular flexibility index (Phi) is 6.66. The SMILES string of the molecule is COc1cc(CNC(C)C)cc(Br)c1OCC(C)C. The molecule has 1 aromatic rings. The van der Waals surface area contributed by atoms with Crippen LogP contribution in [0.1, 0.15) is 33.3 Å². The third-order valence-corrected chi connectivity index (χ3v) is 3.15. The lowest BCUT2D eigenvalue weighted by atomic mass is 10.2. The zero-order valence-electron chi connectivity index (χ0n) is 12.4. The van der Waals surface area contributed by atoms with E-state index in [0.29, 0.717) is 18.6 Å². The summed E-state index contributed by atoms with van der Waals surface area (Å²) < 4.78 is 12.2. The second kappa shape index (κ2) is 7.75. The summed E-state index contributed by atoms with van der Waals surface area (Å²) in [7, 11) is 1.67. The average Bonchev–Trinajstić information content (AvgIpc) is 2.34. The van der Waals surface area contributed by atoms with Crippen molar-refractivity contribution < 1.29 is 9.47 Å². The van der Waals surface area contributed by atoms with Gasteiger partial charge in [0.15, 0.2) is 11.5 Å².